The van der Waals surface area contributed by atoms with Gasteiger partial charge in [-0.15, -0.1) is 0 Å². The van der Waals surface area contributed by atoms with E-state index in [2.05, 4.69) is 0 Å². The molecule has 0 spiro atoms. The summed E-state index contributed by atoms with van der Waals surface area (Å²) in [4.78, 5) is 0. The highest BCUT2D eigenvalue weighted by atomic mass is 32.2. The fraction of sp³-hybridized carbons (Fsp3) is 0.455. The van der Waals surface area contributed by atoms with Gasteiger partial charge in [0.1, 0.15) is 5.75 Å². The summed E-state index contributed by atoms with van der Waals surface area (Å²) in [7, 11) is 0. The standard InChI is InChI=1S/C11H8F6O3S/c12-10(13,14)9(18,11(15,16)17)7-2-1-6-3-4-21(19)20-8(6)5-7/h1-2,5,18H,3-4H2. The molecule has 1 aromatic rings. The normalized spacial score (nSPS) is 19.9. The van der Waals surface area contributed by atoms with E-state index in [9.17, 15) is 35.7 Å². The van der Waals surface area contributed by atoms with Crippen LogP contribution in [0.3, 0.4) is 0 Å². The van der Waals surface area contributed by atoms with Crippen molar-refractivity contribution in [2.24, 2.45) is 0 Å². The van der Waals surface area contributed by atoms with Crippen molar-refractivity contribution in [2.75, 3.05) is 5.75 Å². The highest BCUT2D eigenvalue weighted by molar-refractivity contribution is 7.80. The van der Waals surface area contributed by atoms with Crippen LogP contribution in [0, 0.1) is 0 Å². The lowest BCUT2D eigenvalue weighted by atomic mass is 9.91. The molecule has 1 atom stereocenters. The van der Waals surface area contributed by atoms with E-state index in [1.54, 1.807) is 0 Å². The van der Waals surface area contributed by atoms with Gasteiger partial charge in [0.15, 0.2) is 0 Å². The summed E-state index contributed by atoms with van der Waals surface area (Å²) < 4.78 is 92.2. The molecule has 1 N–H and O–H groups in total. The van der Waals surface area contributed by atoms with Crippen molar-refractivity contribution in [1.82, 2.24) is 0 Å². The highest BCUT2D eigenvalue weighted by Gasteiger charge is 2.71. The third-order valence-electron chi connectivity index (χ3n) is 3.03. The molecule has 0 bridgehead atoms. The van der Waals surface area contributed by atoms with Crippen molar-refractivity contribution in [2.45, 2.75) is 24.4 Å². The van der Waals surface area contributed by atoms with Crippen LogP contribution in [0.5, 0.6) is 5.75 Å². The van der Waals surface area contributed by atoms with E-state index >= 15 is 0 Å². The van der Waals surface area contributed by atoms with Crippen molar-refractivity contribution in [3.05, 3.63) is 29.3 Å². The SMILES string of the molecule is O=S1CCc2ccc(C(O)(C(F)(F)F)C(F)(F)F)cc2O1. The number of fused-ring (bicyclic) bond motifs is 1. The summed E-state index contributed by atoms with van der Waals surface area (Å²) in [5.74, 6) is -0.265. The molecule has 0 amide bonds. The van der Waals surface area contributed by atoms with Gasteiger partial charge in [0, 0.05) is 5.56 Å². The van der Waals surface area contributed by atoms with Crippen LogP contribution in [0.1, 0.15) is 11.1 Å². The summed E-state index contributed by atoms with van der Waals surface area (Å²) in [6.45, 7) is 0. The highest BCUT2D eigenvalue weighted by Crippen LogP contribution is 2.50. The summed E-state index contributed by atoms with van der Waals surface area (Å²) >= 11 is -1.82. The molecule has 1 unspecified atom stereocenters. The molecular formula is C11H8F6O3S. The number of benzene rings is 1. The number of hydrogen-bond acceptors (Lipinski definition) is 3. The van der Waals surface area contributed by atoms with Crippen molar-refractivity contribution < 1.29 is 39.8 Å². The zero-order valence-corrected chi connectivity index (χ0v) is 10.9. The second-order valence-corrected chi connectivity index (χ2v) is 5.55. The van der Waals surface area contributed by atoms with Gasteiger partial charge in [0.25, 0.3) is 5.60 Å². The second-order valence-electron chi connectivity index (χ2n) is 4.37. The quantitative estimate of drug-likeness (QED) is 0.803. The lowest BCUT2D eigenvalue weighted by Gasteiger charge is -2.33. The van der Waals surface area contributed by atoms with E-state index in [1.807, 2.05) is 0 Å². The Kier molecular flexibility index (Phi) is 3.73. The molecular weight excluding hydrogens is 326 g/mol. The molecule has 1 heterocycles. The number of rotatable bonds is 1. The van der Waals surface area contributed by atoms with Gasteiger partial charge in [-0.2, -0.15) is 26.3 Å². The minimum atomic E-state index is -5.96. The van der Waals surface area contributed by atoms with E-state index in [0.29, 0.717) is 17.7 Å². The van der Waals surface area contributed by atoms with E-state index in [4.69, 9.17) is 4.18 Å². The van der Waals surface area contributed by atoms with Crippen LogP contribution in [0.2, 0.25) is 0 Å². The third kappa shape index (κ3) is 2.61. The maximum absolute atomic E-state index is 12.7. The van der Waals surface area contributed by atoms with Crippen LogP contribution in [0.25, 0.3) is 0 Å². The van der Waals surface area contributed by atoms with Crippen LogP contribution < -0.4 is 4.18 Å². The van der Waals surface area contributed by atoms with Gasteiger partial charge in [-0.3, -0.25) is 0 Å². The van der Waals surface area contributed by atoms with Crippen LogP contribution in [0.4, 0.5) is 26.3 Å². The Morgan fingerprint density at radius 3 is 2.19 bits per heavy atom. The van der Waals surface area contributed by atoms with Crippen molar-refractivity contribution in [3.8, 4) is 5.75 Å². The maximum atomic E-state index is 12.7. The molecule has 0 fully saturated rings. The molecule has 2 rings (SSSR count). The molecule has 0 saturated heterocycles. The molecule has 21 heavy (non-hydrogen) atoms. The van der Waals surface area contributed by atoms with Gasteiger partial charge >= 0.3 is 12.4 Å². The van der Waals surface area contributed by atoms with E-state index < -0.39 is 34.6 Å². The number of halogens is 6. The third-order valence-corrected chi connectivity index (χ3v) is 3.93. The molecule has 0 saturated carbocycles. The molecule has 0 radical (unpaired) electrons. The van der Waals surface area contributed by atoms with Gasteiger partial charge in [-0.1, -0.05) is 12.1 Å². The lowest BCUT2D eigenvalue weighted by Crippen LogP contribution is -2.53. The molecule has 10 heteroatoms. The largest absolute Gasteiger partial charge is 0.430 e. The Morgan fingerprint density at radius 2 is 1.67 bits per heavy atom. The molecule has 1 aromatic carbocycles. The lowest BCUT2D eigenvalue weighted by molar-refractivity contribution is -0.376. The molecule has 0 aromatic heterocycles. The van der Waals surface area contributed by atoms with Crippen molar-refractivity contribution >= 4 is 11.1 Å². The molecule has 118 valence electrons. The first-order valence-corrected chi connectivity index (χ1v) is 6.77. The first-order chi connectivity index (χ1) is 9.47. The van der Waals surface area contributed by atoms with Crippen LogP contribution in [-0.2, 0) is 23.1 Å². The van der Waals surface area contributed by atoms with Crippen LogP contribution in [0.15, 0.2) is 18.2 Å². The Bertz CT molecular complexity index is 566. The predicted octanol–water partition coefficient (Wildman–Crippen LogP) is 2.60. The maximum Gasteiger partial charge on any atom is 0.430 e. The first-order valence-electron chi connectivity index (χ1n) is 5.53. The van der Waals surface area contributed by atoms with Gasteiger partial charge in [-0.05, 0) is 18.1 Å². The van der Waals surface area contributed by atoms with Gasteiger partial charge in [0.05, 0.1) is 5.75 Å². The Hall–Kier alpha value is -1.29. The fourth-order valence-electron chi connectivity index (χ4n) is 1.89. The minimum absolute atomic E-state index is 0.0924. The van der Waals surface area contributed by atoms with Crippen molar-refractivity contribution in [1.29, 1.82) is 0 Å². The average molecular weight is 334 g/mol. The van der Waals surface area contributed by atoms with Crippen LogP contribution >= 0.6 is 0 Å². The van der Waals surface area contributed by atoms with E-state index in [1.165, 1.54) is 0 Å². The number of aliphatic hydroxyl groups is 1. The molecule has 0 aliphatic carbocycles. The molecule has 3 nitrogen and oxygen atoms in total. The Labute approximate surface area is 117 Å². The Balaban J connectivity index is 2.58. The molecule has 1 aliphatic rings. The number of hydrogen-bond donors (Lipinski definition) is 1. The monoisotopic (exact) mass is 334 g/mol. The predicted molar refractivity (Wildman–Crippen MR) is 59.8 cm³/mol. The minimum Gasteiger partial charge on any atom is -0.400 e. The average Bonchev–Trinajstić information content (AvgIpc) is 2.34. The molecule has 1 aliphatic heterocycles. The van der Waals surface area contributed by atoms with Crippen LogP contribution in [-0.4, -0.2) is 27.4 Å². The fourth-order valence-corrected chi connectivity index (χ4v) is 2.71. The van der Waals surface area contributed by atoms with Gasteiger partial charge < -0.3 is 9.29 Å². The topological polar surface area (TPSA) is 46.5 Å². The smallest absolute Gasteiger partial charge is 0.400 e. The number of aryl methyl sites for hydroxylation is 1. The van der Waals surface area contributed by atoms with E-state index in [-0.39, 0.29) is 17.9 Å². The summed E-state index contributed by atoms with van der Waals surface area (Å²) in [6.07, 6.45) is -11.7. The summed E-state index contributed by atoms with van der Waals surface area (Å²) in [5, 5.41) is 9.24. The van der Waals surface area contributed by atoms with E-state index in [0.717, 1.165) is 6.07 Å². The summed E-state index contributed by atoms with van der Waals surface area (Å²) in [5.41, 5.74) is -6.12. The Morgan fingerprint density at radius 1 is 1.10 bits per heavy atom. The first kappa shape index (κ1) is 16.1. The van der Waals surface area contributed by atoms with Gasteiger partial charge in [-0.25, -0.2) is 4.21 Å². The van der Waals surface area contributed by atoms with Gasteiger partial charge in [0.2, 0.25) is 11.1 Å². The zero-order valence-electron chi connectivity index (χ0n) is 10.1. The number of alkyl halides is 6. The zero-order chi connectivity index (χ0) is 16.1. The second kappa shape index (κ2) is 4.87. The summed E-state index contributed by atoms with van der Waals surface area (Å²) in [6, 6.07) is 1.95. The van der Waals surface area contributed by atoms with Crippen molar-refractivity contribution in [3.63, 3.8) is 0 Å².